The Kier molecular flexibility index (Phi) is 6.96. The maximum absolute atomic E-state index is 13.0. The molecule has 3 aromatic rings. The van der Waals surface area contributed by atoms with Crippen LogP contribution in [0.4, 0.5) is 0 Å². The molecule has 148 valence electrons. The van der Waals surface area contributed by atoms with E-state index in [-0.39, 0.29) is 12.2 Å². The van der Waals surface area contributed by atoms with Crippen molar-refractivity contribution in [2.24, 2.45) is 5.10 Å². The van der Waals surface area contributed by atoms with Gasteiger partial charge < -0.3 is 4.74 Å². The third kappa shape index (κ3) is 4.81. The number of rotatable bonds is 6. The van der Waals surface area contributed by atoms with E-state index in [4.69, 9.17) is 34.4 Å². The highest BCUT2D eigenvalue weighted by Crippen LogP contribution is 2.33. The topological polar surface area (TPSA) is 56.5 Å². The Balaban J connectivity index is 2.06. The first kappa shape index (κ1) is 21.4. The summed E-state index contributed by atoms with van der Waals surface area (Å²) in [5, 5.41) is 5.44. The first-order valence-corrected chi connectivity index (χ1v) is 10.3. The number of ether oxygens (including phenoxy) is 1. The summed E-state index contributed by atoms with van der Waals surface area (Å²) in [5.41, 5.74) is 0.994. The number of benzene rings is 2. The third-order valence-corrected chi connectivity index (χ3v) is 5.05. The maximum atomic E-state index is 13.0. The number of aromatic nitrogens is 2. The summed E-state index contributed by atoms with van der Waals surface area (Å²) in [6.07, 6.45) is 8.14. The molecular weight excluding hydrogens is 477 g/mol. The van der Waals surface area contributed by atoms with E-state index < -0.39 is 0 Å². The summed E-state index contributed by atoms with van der Waals surface area (Å²) in [7, 11) is 0. The molecule has 0 bridgehead atoms. The number of nitrogens with zero attached hydrogens (tertiary/aromatic N) is 3. The van der Waals surface area contributed by atoms with E-state index in [2.05, 4.69) is 31.9 Å². The van der Waals surface area contributed by atoms with Crippen LogP contribution in [0.5, 0.6) is 5.75 Å². The summed E-state index contributed by atoms with van der Waals surface area (Å²) in [5.74, 6) is 3.25. The molecule has 0 aliphatic carbocycles. The van der Waals surface area contributed by atoms with Gasteiger partial charge in [-0.05, 0) is 42.3 Å². The molecule has 0 aliphatic rings. The summed E-state index contributed by atoms with van der Waals surface area (Å²) >= 11 is 15.9. The highest BCUT2D eigenvalue weighted by atomic mass is 79.9. The molecule has 0 saturated heterocycles. The molecule has 0 aliphatic heterocycles. The smallest absolute Gasteiger partial charge is 0.282 e. The Morgan fingerprint density at radius 1 is 1.31 bits per heavy atom. The van der Waals surface area contributed by atoms with Gasteiger partial charge in [0, 0.05) is 10.9 Å². The van der Waals surface area contributed by atoms with E-state index >= 15 is 0 Å². The fourth-order valence-electron chi connectivity index (χ4n) is 2.73. The normalized spacial score (nSPS) is 11.1. The monoisotopic (exact) mass is 491 g/mol. The van der Waals surface area contributed by atoms with Crippen molar-refractivity contribution in [2.45, 2.75) is 19.8 Å². The molecule has 8 heteroatoms. The second-order valence-electron chi connectivity index (χ2n) is 6.11. The number of hydrogen-bond acceptors (Lipinski definition) is 4. The number of fused-ring (bicyclic) bond motifs is 1. The molecule has 1 aromatic heterocycles. The van der Waals surface area contributed by atoms with Gasteiger partial charge in [0.25, 0.3) is 5.56 Å². The minimum atomic E-state index is -0.248. The van der Waals surface area contributed by atoms with E-state index in [0.717, 1.165) is 10.9 Å². The fraction of sp³-hybridized carbons (Fsp3) is 0.190. The van der Waals surface area contributed by atoms with E-state index in [0.29, 0.717) is 44.5 Å². The highest BCUT2D eigenvalue weighted by molar-refractivity contribution is 9.10. The standard InChI is InChI=1S/C21H16BrCl2N3O2/c1-3-5-19-26-18-7-6-14(22)11-15(18)21(28)27(19)25-12-13-9-16(23)20(17(24)10-13)29-8-4-2/h2,6-7,9-12H,3,5,8H2,1H3. The highest BCUT2D eigenvalue weighted by Gasteiger charge is 2.12. The van der Waals surface area contributed by atoms with Gasteiger partial charge in [-0.25, -0.2) is 4.98 Å². The quantitative estimate of drug-likeness (QED) is 0.346. The van der Waals surface area contributed by atoms with Crippen LogP contribution in [0.25, 0.3) is 10.9 Å². The van der Waals surface area contributed by atoms with Crippen LogP contribution in [0.15, 0.2) is 44.7 Å². The zero-order chi connectivity index (χ0) is 21.0. The van der Waals surface area contributed by atoms with Gasteiger partial charge in [-0.3, -0.25) is 4.79 Å². The van der Waals surface area contributed by atoms with Crippen LogP contribution in [-0.4, -0.2) is 22.5 Å². The molecule has 0 amide bonds. The van der Waals surface area contributed by atoms with Crippen LogP contribution in [0.2, 0.25) is 10.0 Å². The van der Waals surface area contributed by atoms with E-state index in [1.807, 2.05) is 19.1 Å². The predicted molar refractivity (Wildman–Crippen MR) is 121 cm³/mol. The zero-order valence-corrected chi connectivity index (χ0v) is 18.6. The lowest BCUT2D eigenvalue weighted by Crippen LogP contribution is -2.22. The number of halogens is 3. The largest absolute Gasteiger partial charge is 0.478 e. The van der Waals surface area contributed by atoms with Crippen molar-refractivity contribution in [1.29, 1.82) is 0 Å². The predicted octanol–water partition coefficient (Wildman–Crippen LogP) is 5.31. The Bertz CT molecular complexity index is 1180. The lowest BCUT2D eigenvalue weighted by Gasteiger charge is -2.10. The SMILES string of the molecule is C#CCOc1c(Cl)cc(C=Nn2c(CCC)nc3ccc(Br)cc3c2=O)cc1Cl. The van der Waals surface area contributed by atoms with Gasteiger partial charge in [-0.15, -0.1) is 6.42 Å². The van der Waals surface area contributed by atoms with E-state index in [1.54, 1.807) is 18.2 Å². The minimum Gasteiger partial charge on any atom is -0.478 e. The van der Waals surface area contributed by atoms with E-state index in [9.17, 15) is 4.79 Å². The van der Waals surface area contributed by atoms with Gasteiger partial charge in [0.15, 0.2) is 5.75 Å². The molecule has 5 nitrogen and oxygen atoms in total. The van der Waals surface area contributed by atoms with Crippen LogP contribution in [0.1, 0.15) is 24.7 Å². The van der Waals surface area contributed by atoms with Crippen molar-refractivity contribution < 1.29 is 4.74 Å². The Morgan fingerprint density at radius 2 is 2.03 bits per heavy atom. The molecule has 0 radical (unpaired) electrons. The van der Waals surface area contributed by atoms with Crippen LogP contribution >= 0.6 is 39.1 Å². The van der Waals surface area contributed by atoms with Gasteiger partial charge in [-0.1, -0.05) is 52.0 Å². The summed E-state index contributed by atoms with van der Waals surface area (Å²) in [6.45, 7) is 2.07. The van der Waals surface area contributed by atoms with Crippen molar-refractivity contribution in [2.75, 3.05) is 6.61 Å². The van der Waals surface area contributed by atoms with Crippen LogP contribution in [-0.2, 0) is 6.42 Å². The Hall–Kier alpha value is -2.33. The van der Waals surface area contributed by atoms with Crippen LogP contribution in [0.3, 0.4) is 0 Å². The van der Waals surface area contributed by atoms with Gasteiger partial charge in [0.05, 0.1) is 27.2 Å². The zero-order valence-electron chi connectivity index (χ0n) is 15.5. The third-order valence-electron chi connectivity index (χ3n) is 3.99. The first-order chi connectivity index (χ1) is 13.9. The van der Waals surface area contributed by atoms with Crippen molar-refractivity contribution in [1.82, 2.24) is 9.66 Å². The average Bonchev–Trinajstić information content (AvgIpc) is 2.68. The lowest BCUT2D eigenvalue weighted by molar-refractivity contribution is 0.371. The van der Waals surface area contributed by atoms with Crippen molar-refractivity contribution in [3.8, 4) is 18.1 Å². The van der Waals surface area contributed by atoms with E-state index in [1.165, 1.54) is 10.9 Å². The number of terminal acetylenes is 1. The average molecular weight is 493 g/mol. The molecule has 0 spiro atoms. The lowest BCUT2D eigenvalue weighted by atomic mass is 10.2. The second-order valence-corrected chi connectivity index (χ2v) is 7.84. The molecule has 0 fully saturated rings. The molecule has 0 atom stereocenters. The van der Waals surface area contributed by atoms with Crippen LogP contribution < -0.4 is 10.3 Å². The maximum Gasteiger partial charge on any atom is 0.282 e. The van der Waals surface area contributed by atoms with Gasteiger partial charge in [0.1, 0.15) is 12.4 Å². The Morgan fingerprint density at radius 3 is 2.69 bits per heavy atom. The molecular formula is C21H16BrCl2N3O2. The van der Waals surface area contributed by atoms with Crippen molar-refractivity contribution >= 4 is 56.2 Å². The molecule has 0 unspecified atom stereocenters. The first-order valence-electron chi connectivity index (χ1n) is 8.75. The molecule has 3 rings (SSSR count). The molecule has 0 N–H and O–H groups in total. The second kappa shape index (κ2) is 9.45. The number of hydrogen-bond donors (Lipinski definition) is 0. The summed E-state index contributed by atoms with van der Waals surface area (Å²) < 4.78 is 7.45. The van der Waals surface area contributed by atoms with Crippen molar-refractivity contribution in [3.05, 3.63) is 66.6 Å². The molecule has 2 aromatic carbocycles. The van der Waals surface area contributed by atoms with Crippen molar-refractivity contribution in [3.63, 3.8) is 0 Å². The molecule has 29 heavy (non-hydrogen) atoms. The van der Waals surface area contributed by atoms with Gasteiger partial charge in [0.2, 0.25) is 0 Å². The fourth-order valence-corrected chi connectivity index (χ4v) is 3.70. The minimum absolute atomic E-state index is 0.0565. The van der Waals surface area contributed by atoms with Gasteiger partial charge >= 0.3 is 0 Å². The Labute approximate surface area is 186 Å². The van der Waals surface area contributed by atoms with Crippen LogP contribution in [0, 0.1) is 12.3 Å². The summed E-state index contributed by atoms with van der Waals surface area (Å²) in [4.78, 5) is 17.6. The summed E-state index contributed by atoms with van der Waals surface area (Å²) in [6, 6.07) is 8.67. The van der Waals surface area contributed by atoms with Gasteiger partial charge in [-0.2, -0.15) is 9.78 Å². The number of aryl methyl sites for hydroxylation is 1. The molecule has 0 saturated carbocycles. The molecule has 1 heterocycles.